The molecule has 1 atom stereocenters. The first-order valence-corrected chi connectivity index (χ1v) is 2.21. The first kappa shape index (κ1) is 6.63. The second-order valence-corrected chi connectivity index (χ2v) is 1.49. The van der Waals surface area contributed by atoms with Crippen LogP contribution in [0.25, 0.3) is 0 Å². The molecule has 2 nitrogen and oxygen atoms in total. The molecule has 0 unspecified atom stereocenters. The maximum absolute atomic E-state index is 10.2. The lowest BCUT2D eigenvalue weighted by Crippen LogP contribution is -2.14. The molecule has 2 heteroatoms. The van der Waals surface area contributed by atoms with Crippen LogP contribution in [0.1, 0.15) is 13.8 Å². The summed E-state index contributed by atoms with van der Waals surface area (Å²) in [6.45, 7) is 3.23. The fraction of sp³-hybridized carbons (Fsp3) is 0.800. The molecule has 0 N–H and O–H groups in total. The predicted octanol–water partition coefficient (Wildman–Crippen LogP) is 0.610. The molecule has 7 heavy (non-hydrogen) atoms. The van der Waals surface area contributed by atoms with Crippen LogP contribution in [0.2, 0.25) is 0 Å². The van der Waals surface area contributed by atoms with Crippen molar-refractivity contribution in [2.45, 2.75) is 20.0 Å². The van der Waals surface area contributed by atoms with Crippen LogP contribution in [0, 0.1) is 0 Å². The van der Waals surface area contributed by atoms with Crippen molar-refractivity contribution in [3.63, 3.8) is 0 Å². The Morgan fingerprint density at radius 3 is 2.14 bits per heavy atom. The Hall–Kier alpha value is -0.370. The summed E-state index contributed by atoms with van der Waals surface area (Å²) >= 11 is 0. The van der Waals surface area contributed by atoms with Crippen LogP contribution >= 0.6 is 0 Å². The van der Waals surface area contributed by atoms with Gasteiger partial charge in [-0.2, -0.15) is 0 Å². The van der Waals surface area contributed by atoms with E-state index in [0.717, 1.165) is 0 Å². The zero-order chi connectivity index (χ0) is 5.86. The van der Waals surface area contributed by atoms with Gasteiger partial charge in [-0.1, -0.05) is 0 Å². The maximum atomic E-state index is 10.2. The van der Waals surface area contributed by atoms with E-state index in [0.29, 0.717) is 0 Å². The van der Waals surface area contributed by atoms with Gasteiger partial charge in [-0.05, 0) is 13.8 Å². The average molecular weight is 102 g/mol. The molecule has 0 spiro atoms. The summed E-state index contributed by atoms with van der Waals surface area (Å²) in [6, 6.07) is 0. The molecule has 0 saturated heterocycles. The van der Waals surface area contributed by atoms with Gasteiger partial charge in [0.05, 0.1) is 0 Å². The van der Waals surface area contributed by atoms with Gasteiger partial charge in [0, 0.05) is 7.11 Å². The quantitative estimate of drug-likeness (QED) is 0.510. The Morgan fingerprint density at radius 1 is 1.71 bits per heavy atom. The van der Waals surface area contributed by atoms with Gasteiger partial charge in [-0.15, -0.1) is 0 Å². The number of Topliss-reactive ketones (excluding diaryl/α,β-unsaturated/α-hetero) is 1. The van der Waals surface area contributed by atoms with Crippen molar-refractivity contribution in [1.29, 1.82) is 0 Å². The third-order valence-electron chi connectivity index (χ3n) is 0.926. The van der Waals surface area contributed by atoms with E-state index in [-0.39, 0.29) is 11.9 Å². The third-order valence-corrected chi connectivity index (χ3v) is 0.926. The van der Waals surface area contributed by atoms with Crippen LogP contribution < -0.4 is 0 Å². The summed E-state index contributed by atoms with van der Waals surface area (Å²) in [7, 11) is 1.52. The molecule has 0 rings (SSSR count). The molecular formula is C5H10O2. The van der Waals surface area contributed by atoms with E-state index < -0.39 is 0 Å². The molecule has 0 saturated carbocycles. The molecule has 0 aliphatic rings. The van der Waals surface area contributed by atoms with Gasteiger partial charge in [-0.3, -0.25) is 4.79 Å². The van der Waals surface area contributed by atoms with Gasteiger partial charge in [0.15, 0.2) is 5.78 Å². The predicted molar refractivity (Wildman–Crippen MR) is 27.2 cm³/mol. The molecule has 0 heterocycles. The summed E-state index contributed by atoms with van der Waals surface area (Å²) < 4.78 is 4.66. The Morgan fingerprint density at radius 2 is 2.14 bits per heavy atom. The summed E-state index contributed by atoms with van der Waals surface area (Å²) in [6.07, 6.45) is -0.236. The van der Waals surface area contributed by atoms with E-state index in [9.17, 15) is 4.79 Å². The van der Waals surface area contributed by atoms with Crippen molar-refractivity contribution in [1.82, 2.24) is 0 Å². The lowest BCUT2D eigenvalue weighted by atomic mass is 10.3. The fourth-order valence-electron chi connectivity index (χ4n) is 0.166. The van der Waals surface area contributed by atoms with Crippen molar-refractivity contribution in [2.75, 3.05) is 7.11 Å². The molecule has 0 aromatic carbocycles. The van der Waals surface area contributed by atoms with Crippen molar-refractivity contribution in [3.05, 3.63) is 0 Å². The van der Waals surface area contributed by atoms with E-state index in [1.165, 1.54) is 14.0 Å². The number of carbonyl (C=O) groups excluding carboxylic acids is 1. The first-order valence-electron chi connectivity index (χ1n) is 2.21. The minimum absolute atomic E-state index is 0.0718. The number of carbonyl (C=O) groups is 1. The number of hydrogen-bond acceptors (Lipinski definition) is 2. The minimum atomic E-state index is -0.236. The lowest BCUT2D eigenvalue weighted by molar-refractivity contribution is -0.125. The van der Waals surface area contributed by atoms with Gasteiger partial charge in [0.25, 0.3) is 0 Å². The Kier molecular flexibility index (Phi) is 2.60. The second kappa shape index (κ2) is 2.75. The molecular weight excluding hydrogens is 92.1 g/mol. The average Bonchev–Trinajstić information content (AvgIpc) is 1.65. The van der Waals surface area contributed by atoms with Crippen molar-refractivity contribution in [2.24, 2.45) is 0 Å². The smallest absolute Gasteiger partial charge is 0.158 e. The molecule has 0 aliphatic heterocycles. The van der Waals surface area contributed by atoms with Gasteiger partial charge in [0.1, 0.15) is 6.10 Å². The van der Waals surface area contributed by atoms with Crippen LogP contribution in [0.5, 0.6) is 0 Å². The van der Waals surface area contributed by atoms with Gasteiger partial charge >= 0.3 is 0 Å². The largest absolute Gasteiger partial charge is 0.374 e. The van der Waals surface area contributed by atoms with Crippen LogP contribution in [0.15, 0.2) is 0 Å². The van der Waals surface area contributed by atoms with Gasteiger partial charge < -0.3 is 4.74 Å². The molecule has 42 valence electrons. The molecule has 0 amide bonds. The van der Waals surface area contributed by atoms with Crippen molar-refractivity contribution in [3.8, 4) is 0 Å². The minimum Gasteiger partial charge on any atom is -0.374 e. The van der Waals surface area contributed by atoms with Crippen molar-refractivity contribution >= 4 is 5.78 Å². The van der Waals surface area contributed by atoms with Gasteiger partial charge in [-0.25, -0.2) is 0 Å². The lowest BCUT2D eigenvalue weighted by Gasteiger charge is -2.00. The highest BCUT2D eigenvalue weighted by molar-refractivity contribution is 5.79. The number of hydrogen-bond donors (Lipinski definition) is 0. The second-order valence-electron chi connectivity index (χ2n) is 1.49. The summed E-state index contributed by atoms with van der Waals surface area (Å²) in [5.41, 5.74) is 0. The van der Waals surface area contributed by atoms with Crippen molar-refractivity contribution < 1.29 is 9.53 Å². The zero-order valence-electron chi connectivity index (χ0n) is 4.89. The highest BCUT2D eigenvalue weighted by atomic mass is 16.5. The highest BCUT2D eigenvalue weighted by Gasteiger charge is 2.01. The summed E-state index contributed by atoms with van der Waals surface area (Å²) in [4.78, 5) is 10.2. The summed E-state index contributed by atoms with van der Waals surface area (Å²) in [5.74, 6) is 0.0718. The van der Waals surface area contributed by atoms with Crippen LogP contribution in [-0.4, -0.2) is 19.0 Å². The molecule has 0 radical (unpaired) electrons. The first-order chi connectivity index (χ1) is 3.18. The standard InChI is InChI=1S/C5H10O2/c1-4(6)5(2)7-3/h5H,1-3H3/t5-/m0/s1. The normalized spacial score (nSPS) is 13.6. The van der Waals surface area contributed by atoms with E-state index in [4.69, 9.17) is 0 Å². The Labute approximate surface area is 43.5 Å². The SMILES string of the molecule is CO[C@@H](C)C(C)=O. The molecule has 0 fully saturated rings. The summed E-state index contributed by atoms with van der Waals surface area (Å²) in [5, 5.41) is 0. The number of rotatable bonds is 2. The monoisotopic (exact) mass is 102 g/mol. The molecule has 0 aliphatic carbocycles. The third kappa shape index (κ3) is 2.34. The topological polar surface area (TPSA) is 26.3 Å². The van der Waals surface area contributed by atoms with E-state index in [2.05, 4.69) is 4.74 Å². The molecule has 0 aromatic heterocycles. The van der Waals surface area contributed by atoms with E-state index in [1.807, 2.05) is 0 Å². The highest BCUT2D eigenvalue weighted by Crippen LogP contribution is 1.85. The molecule has 0 aromatic rings. The van der Waals surface area contributed by atoms with E-state index in [1.54, 1.807) is 6.92 Å². The zero-order valence-corrected chi connectivity index (χ0v) is 4.89. The fourth-order valence-corrected chi connectivity index (χ4v) is 0.166. The van der Waals surface area contributed by atoms with Gasteiger partial charge in [0.2, 0.25) is 0 Å². The number of ketones is 1. The van der Waals surface area contributed by atoms with Crippen LogP contribution in [0.3, 0.4) is 0 Å². The maximum Gasteiger partial charge on any atom is 0.158 e. The van der Waals surface area contributed by atoms with E-state index >= 15 is 0 Å². The van der Waals surface area contributed by atoms with Crippen LogP contribution in [-0.2, 0) is 9.53 Å². The Balaban J connectivity index is 3.34. The van der Waals surface area contributed by atoms with Crippen LogP contribution in [0.4, 0.5) is 0 Å². The molecule has 0 bridgehead atoms. The number of methoxy groups -OCH3 is 1. The number of ether oxygens (including phenoxy) is 1. The Bertz CT molecular complexity index is 68.5.